The zero-order chi connectivity index (χ0) is 14.7. The largest absolute Gasteiger partial charge is 0.448 e. The summed E-state index contributed by atoms with van der Waals surface area (Å²) in [4.78, 5) is 15.7. The van der Waals surface area contributed by atoms with Crippen molar-refractivity contribution in [3.05, 3.63) is 35.4 Å². The van der Waals surface area contributed by atoms with Gasteiger partial charge in [0.25, 0.3) is 0 Å². The van der Waals surface area contributed by atoms with E-state index in [1.807, 2.05) is 4.90 Å². The normalized spacial score (nSPS) is 20.8. The van der Waals surface area contributed by atoms with Gasteiger partial charge < -0.3 is 14.5 Å². The summed E-state index contributed by atoms with van der Waals surface area (Å²) in [5.74, 6) is 0.694. The molecule has 4 nitrogen and oxygen atoms in total. The Morgan fingerprint density at radius 1 is 1.14 bits per heavy atom. The highest BCUT2D eigenvalue weighted by atomic mass is 16.6. The third-order valence-electron chi connectivity index (χ3n) is 4.75. The number of hydrogen-bond donors (Lipinski definition) is 0. The summed E-state index contributed by atoms with van der Waals surface area (Å²) in [6.45, 7) is 7.53. The van der Waals surface area contributed by atoms with Crippen molar-refractivity contribution in [1.29, 1.82) is 0 Å². The van der Waals surface area contributed by atoms with Crippen molar-refractivity contribution in [1.82, 2.24) is 9.80 Å². The van der Waals surface area contributed by atoms with Crippen molar-refractivity contribution in [2.24, 2.45) is 0 Å². The van der Waals surface area contributed by atoms with E-state index in [2.05, 4.69) is 36.1 Å². The molecule has 1 aromatic carbocycles. The number of aryl methyl sites for hydroxylation is 1. The predicted molar refractivity (Wildman–Crippen MR) is 82.5 cm³/mol. The van der Waals surface area contributed by atoms with Gasteiger partial charge in [0, 0.05) is 13.1 Å². The van der Waals surface area contributed by atoms with E-state index < -0.39 is 0 Å². The summed E-state index contributed by atoms with van der Waals surface area (Å²) in [7, 11) is 0. The van der Waals surface area contributed by atoms with Gasteiger partial charge in [-0.05, 0) is 49.9 Å². The van der Waals surface area contributed by atoms with Crippen molar-refractivity contribution in [3.63, 3.8) is 0 Å². The molecule has 2 fully saturated rings. The third kappa shape index (κ3) is 3.38. The average Bonchev–Trinajstić information content (AvgIpc) is 2.92. The lowest BCUT2D eigenvalue weighted by Gasteiger charge is -2.33. The Morgan fingerprint density at radius 3 is 2.57 bits per heavy atom. The smallest absolute Gasteiger partial charge is 0.409 e. The second kappa shape index (κ2) is 6.48. The van der Waals surface area contributed by atoms with Crippen molar-refractivity contribution >= 4 is 6.09 Å². The minimum absolute atomic E-state index is 0.148. The molecule has 2 aliphatic rings. The molecular formula is C17H24N2O2. The Kier molecular flexibility index (Phi) is 4.44. The number of rotatable bonds is 4. The lowest BCUT2D eigenvalue weighted by Crippen LogP contribution is -2.39. The summed E-state index contributed by atoms with van der Waals surface area (Å²) < 4.78 is 4.96. The number of likely N-dealkylation sites (tertiary alicyclic amines) is 1. The maximum atomic E-state index is 11.4. The van der Waals surface area contributed by atoms with Crippen LogP contribution >= 0.6 is 0 Å². The van der Waals surface area contributed by atoms with Crippen molar-refractivity contribution in [3.8, 4) is 0 Å². The maximum Gasteiger partial charge on any atom is 0.409 e. The standard InChI is InChI=1S/C17H24N2O2/c1-14-4-2-3-5-16(14)15-6-8-18(9-7-15)10-11-19-12-13-21-17(19)20/h2-5,15H,6-13H2,1H3. The van der Waals surface area contributed by atoms with Gasteiger partial charge in [-0.2, -0.15) is 0 Å². The molecule has 0 radical (unpaired) electrons. The minimum atomic E-state index is -0.148. The Balaban J connectivity index is 1.47. The van der Waals surface area contributed by atoms with Gasteiger partial charge in [0.1, 0.15) is 6.61 Å². The van der Waals surface area contributed by atoms with Gasteiger partial charge in [-0.15, -0.1) is 0 Å². The second-order valence-electron chi connectivity index (χ2n) is 6.07. The zero-order valence-corrected chi connectivity index (χ0v) is 12.8. The molecule has 2 heterocycles. The van der Waals surface area contributed by atoms with Crippen molar-refractivity contribution in [2.45, 2.75) is 25.7 Å². The highest BCUT2D eigenvalue weighted by Crippen LogP contribution is 2.29. The van der Waals surface area contributed by atoms with Crippen LogP contribution in [-0.4, -0.2) is 55.2 Å². The number of carbonyl (C=O) groups excluding carboxylic acids is 1. The summed E-state index contributed by atoms with van der Waals surface area (Å²) in [6, 6.07) is 8.74. The van der Waals surface area contributed by atoms with Crippen LogP contribution in [0.2, 0.25) is 0 Å². The Hall–Kier alpha value is -1.55. The fraction of sp³-hybridized carbons (Fsp3) is 0.588. The molecular weight excluding hydrogens is 264 g/mol. The first-order valence-electron chi connectivity index (χ1n) is 7.93. The highest BCUT2D eigenvalue weighted by Gasteiger charge is 2.25. The molecule has 0 aliphatic carbocycles. The predicted octanol–water partition coefficient (Wildman–Crippen LogP) is 2.63. The van der Waals surface area contributed by atoms with Crippen LogP contribution in [0.15, 0.2) is 24.3 Å². The van der Waals surface area contributed by atoms with E-state index in [4.69, 9.17) is 4.74 Å². The van der Waals surface area contributed by atoms with Crippen LogP contribution in [0, 0.1) is 6.92 Å². The molecule has 2 aliphatic heterocycles. The SMILES string of the molecule is Cc1ccccc1C1CCN(CCN2CCOC2=O)CC1. The first kappa shape index (κ1) is 14.4. The number of hydrogen-bond acceptors (Lipinski definition) is 3. The third-order valence-corrected chi connectivity index (χ3v) is 4.75. The maximum absolute atomic E-state index is 11.4. The van der Waals surface area contributed by atoms with Crippen LogP contribution < -0.4 is 0 Å². The topological polar surface area (TPSA) is 32.8 Å². The molecule has 1 aromatic rings. The van der Waals surface area contributed by atoms with Gasteiger partial charge in [-0.3, -0.25) is 0 Å². The molecule has 3 rings (SSSR count). The van der Waals surface area contributed by atoms with Crippen LogP contribution in [-0.2, 0) is 4.74 Å². The molecule has 4 heteroatoms. The molecule has 0 spiro atoms. The average molecular weight is 288 g/mol. The fourth-order valence-corrected chi connectivity index (χ4v) is 3.40. The zero-order valence-electron chi connectivity index (χ0n) is 12.8. The molecule has 21 heavy (non-hydrogen) atoms. The van der Waals surface area contributed by atoms with E-state index in [9.17, 15) is 4.79 Å². The fourth-order valence-electron chi connectivity index (χ4n) is 3.40. The summed E-state index contributed by atoms with van der Waals surface area (Å²) in [5, 5.41) is 0. The monoisotopic (exact) mass is 288 g/mol. The van der Waals surface area contributed by atoms with Crippen LogP contribution in [0.3, 0.4) is 0 Å². The number of nitrogens with zero attached hydrogens (tertiary/aromatic N) is 2. The number of benzene rings is 1. The summed E-state index contributed by atoms with van der Waals surface area (Å²) in [6.07, 6.45) is 2.29. The lowest BCUT2D eigenvalue weighted by atomic mass is 9.87. The summed E-state index contributed by atoms with van der Waals surface area (Å²) in [5.41, 5.74) is 2.93. The van der Waals surface area contributed by atoms with E-state index in [1.165, 1.54) is 24.0 Å². The number of piperidine rings is 1. The molecule has 0 N–H and O–H groups in total. The Labute approximate surface area is 126 Å². The van der Waals surface area contributed by atoms with Gasteiger partial charge >= 0.3 is 6.09 Å². The van der Waals surface area contributed by atoms with Crippen LogP contribution in [0.25, 0.3) is 0 Å². The number of amides is 1. The quantitative estimate of drug-likeness (QED) is 0.854. The molecule has 1 amide bonds. The molecule has 0 saturated carbocycles. The van der Waals surface area contributed by atoms with Crippen molar-refractivity contribution < 1.29 is 9.53 Å². The highest BCUT2D eigenvalue weighted by molar-refractivity contribution is 5.69. The Bertz CT molecular complexity index is 495. The molecule has 0 bridgehead atoms. The first-order chi connectivity index (χ1) is 10.2. The van der Waals surface area contributed by atoms with Gasteiger partial charge in [0.2, 0.25) is 0 Å². The van der Waals surface area contributed by atoms with E-state index >= 15 is 0 Å². The van der Waals surface area contributed by atoms with Crippen LogP contribution in [0.1, 0.15) is 29.9 Å². The van der Waals surface area contributed by atoms with E-state index in [0.29, 0.717) is 12.5 Å². The summed E-state index contributed by atoms with van der Waals surface area (Å²) >= 11 is 0. The van der Waals surface area contributed by atoms with E-state index in [1.54, 1.807) is 0 Å². The van der Waals surface area contributed by atoms with Gasteiger partial charge in [0.05, 0.1) is 6.54 Å². The number of carbonyl (C=O) groups is 1. The van der Waals surface area contributed by atoms with E-state index in [-0.39, 0.29) is 6.09 Å². The van der Waals surface area contributed by atoms with Gasteiger partial charge in [0.15, 0.2) is 0 Å². The second-order valence-corrected chi connectivity index (χ2v) is 6.07. The van der Waals surface area contributed by atoms with E-state index in [0.717, 1.165) is 32.7 Å². The van der Waals surface area contributed by atoms with Crippen LogP contribution in [0.4, 0.5) is 4.79 Å². The first-order valence-corrected chi connectivity index (χ1v) is 7.93. The molecule has 114 valence electrons. The Morgan fingerprint density at radius 2 is 1.90 bits per heavy atom. The lowest BCUT2D eigenvalue weighted by molar-refractivity contribution is 0.149. The van der Waals surface area contributed by atoms with Gasteiger partial charge in [-0.25, -0.2) is 4.79 Å². The van der Waals surface area contributed by atoms with Crippen LogP contribution in [0.5, 0.6) is 0 Å². The number of cyclic esters (lactones) is 1. The van der Waals surface area contributed by atoms with Gasteiger partial charge in [-0.1, -0.05) is 24.3 Å². The van der Waals surface area contributed by atoms with Crippen molar-refractivity contribution in [2.75, 3.05) is 39.3 Å². The molecule has 2 saturated heterocycles. The molecule has 0 aromatic heterocycles. The molecule has 0 unspecified atom stereocenters. The number of ether oxygens (including phenoxy) is 1. The minimum Gasteiger partial charge on any atom is -0.448 e. The molecule has 0 atom stereocenters.